The summed E-state index contributed by atoms with van der Waals surface area (Å²) in [4.78, 5) is 137. The van der Waals surface area contributed by atoms with Gasteiger partial charge in [-0.15, -0.1) is 24.8 Å². The van der Waals surface area contributed by atoms with Gasteiger partial charge < -0.3 is 92.1 Å². The van der Waals surface area contributed by atoms with Gasteiger partial charge in [0.15, 0.2) is 11.9 Å². The maximum Gasteiger partial charge on any atom is 0.569 e. The quantitative estimate of drug-likeness (QED) is 0.0398. The molecule has 0 saturated carbocycles. The third-order valence-corrected chi connectivity index (χ3v) is 25.1. The molecule has 1 radical (unpaired) electrons. The maximum absolute atomic E-state index is 12.7. The van der Waals surface area contributed by atoms with Gasteiger partial charge in [-0.1, -0.05) is 50.7 Å². The van der Waals surface area contributed by atoms with E-state index >= 15 is 0 Å². The number of aromatic hydroxyl groups is 4. The molecule has 8 fully saturated rings. The number of aldehydes is 1. The number of phenolic OH excluding ortho intramolecular Hbond substituents is 4. The molecule has 36 heteroatoms. The Balaban J connectivity index is 0.000000170. The topological polar surface area (TPSA) is 376 Å². The van der Waals surface area contributed by atoms with E-state index in [4.69, 9.17) is 32.5 Å². The average molecular weight is 1950 g/mol. The van der Waals surface area contributed by atoms with Gasteiger partial charge >= 0.3 is 30.2 Å². The molecule has 0 spiro atoms. The smallest absolute Gasteiger partial charge is 0.537 e. The molecule has 32 nitrogen and oxygen atoms in total. The first kappa shape index (κ1) is 105. The number of carbonyl (C=O) groups is 5. The van der Waals surface area contributed by atoms with Crippen LogP contribution in [0.4, 0.5) is 0 Å². The Labute approximate surface area is 803 Å². The van der Waals surface area contributed by atoms with E-state index in [9.17, 15) is 63.6 Å². The zero-order chi connectivity index (χ0) is 94.3. The van der Waals surface area contributed by atoms with Crippen molar-refractivity contribution < 1.29 is 76.9 Å². The van der Waals surface area contributed by atoms with Crippen LogP contribution in [0.5, 0.6) is 28.7 Å². The zero-order valence-electron chi connectivity index (χ0n) is 76.2. The molecule has 20 rings (SSSR count). The minimum atomic E-state index is -0.605. The fourth-order valence-electron chi connectivity index (χ4n) is 16.6. The lowest BCUT2D eigenvalue weighted by atomic mass is 9.97. The molecule has 8 aromatic carbocycles. The van der Waals surface area contributed by atoms with Crippen molar-refractivity contribution in [3.63, 3.8) is 0 Å². The number of piperazine rings is 4. The Morgan fingerprint density at radius 2 is 0.659 bits per heavy atom. The van der Waals surface area contributed by atoms with Crippen LogP contribution in [-0.4, -0.2) is 306 Å². The number of amides is 4. The van der Waals surface area contributed by atoms with E-state index < -0.39 is 22.5 Å². The number of nitrogens with zero attached hydrogens (tertiary/aromatic N) is 12. The molecule has 4 bridgehead atoms. The van der Waals surface area contributed by atoms with E-state index in [1.54, 1.807) is 146 Å². The third kappa shape index (κ3) is 25.5. The van der Waals surface area contributed by atoms with Crippen molar-refractivity contribution in [3.05, 3.63) is 260 Å². The van der Waals surface area contributed by atoms with E-state index in [1.165, 1.54) is 64.3 Å². The number of fused-ring (bicyclic) bond motifs is 4. The first-order chi connectivity index (χ1) is 63.4. The van der Waals surface area contributed by atoms with E-state index in [0.717, 1.165) is 131 Å². The number of phenols is 4. The number of aliphatic hydroxyl groups excluding tert-OH is 1. The number of benzene rings is 8. The second kappa shape index (κ2) is 47.9. The van der Waals surface area contributed by atoms with Crippen LogP contribution in [-0.2, 0) is 0 Å². The van der Waals surface area contributed by atoms with Crippen molar-refractivity contribution in [2.75, 3.05) is 180 Å². The molecule has 0 unspecified atom stereocenters. The van der Waals surface area contributed by atoms with Gasteiger partial charge in [0.2, 0.25) is 0 Å². The minimum Gasteiger partial charge on any atom is -0.537 e. The van der Waals surface area contributed by atoms with E-state index in [1.807, 2.05) is 54.3 Å². The standard InChI is InChI=1S/C23H22N2O5.2C22H22N2O4.C12H16BN2O3.C10H7BrO3.C6H12N4.C3H8O.CH4.2ClH/c1-14-17-7-8-19(27)18(13-26)21(17)30-23(29)20(14)15-3-5-16(6-4-15)22(28)25-11-9-24(2)10-12-25;2*1-14-18-8-7-17(25)13-19(18)28-22(27)20(14)15-3-5-16(6-4-15)21(26)24-11-9-23(2)10-12-24;1-14-6-8-15(9-7-14)12(16)10-2-4-11(5-3-10)18-13-17;1-5-7-3-2-6(12)4-8(7)14-10(13)9(5)11;1-7-2-9-4-8(1)5-10(3-7)6-9;1-2-3-4;;;/h3-8,13,27H,9-12H2,1-2H3;2*3-8,13,25H,9-12H2,1-2H3;2-5,17H,6-9H2,1H3;2-4,12H,1H3;1-6H2;4H,2-3H2,1H3;1H4;2*1H. The molecule has 8 saturated heterocycles. The molecule has 135 heavy (non-hydrogen) atoms. The van der Waals surface area contributed by atoms with Crippen LogP contribution >= 0.6 is 40.7 Å². The van der Waals surface area contributed by atoms with Crippen molar-refractivity contribution in [2.45, 2.75) is 48.5 Å². The molecule has 8 aliphatic heterocycles. The molecule has 12 aromatic rings. The lowest BCUT2D eigenvalue weighted by Crippen LogP contribution is -2.71. The number of rotatable bonds is 11. The van der Waals surface area contributed by atoms with E-state index in [0.29, 0.717) is 127 Å². The van der Waals surface area contributed by atoms with Gasteiger partial charge in [-0.25, -0.2) is 19.2 Å². The molecular weight excluding hydrogens is 1840 g/mol. The van der Waals surface area contributed by atoms with Gasteiger partial charge in [0.25, 0.3) is 23.6 Å². The highest BCUT2D eigenvalue weighted by atomic mass is 79.9. The van der Waals surface area contributed by atoms with Crippen molar-refractivity contribution in [1.82, 2.24) is 58.8 Å². The molecule has 8 aliphatic rings. The number of carbonyl (C=O) groups excluding carboxylic acids is 5. The van der Waals surface area contributed by atoms with Gasteiger partial charge in [0, 0.05) is 173 Å². The summed E-state index contributed by atoms with van der Waals surface area (Å²) in [6.45, 7) is 29.5. The Bertz CT molecular complexity index is 6180. The average Bonchev–Trinajstić information content (AvgIpc) is 0.769. The van der Waals surface area contributed by atoms with Crippen molar-refractivity contribution in [2.24, 2.45) is 0 Å². The molecule has 4 aromatic heterocycles. The largest absolute Gasteiger partial charge is 0.569 e. The Morgan fingerprint density at radius 1 is 0.393 bits per heavy atom. The fourth-order valence-corrected chi connectivity index (χ4v) is 16.9. The highest BCUT2D eigenvalue weighted by Crippen LogP contribution is 2.35. The van der Waals surface area contributed by atoms with Crippen molar-refractivity contribution >= 4 is 122 Å². The summed E-state index contributed by atoms with van der Waals surface area (Å²) in [5.74, 6) is 0.499. The number of hydrogen-bond acceptors (Lipinski definition) is 28. The van der Waals surface area contributed by atoms with Crippen LogP contribution in [0.3, 0.4) is 0 Å². The highest BCUT2D eigenvalue weighted by Gasteiger charge is 2.37. The summed E-state index contributed by atoms with van der Waals surface area (Å²) in [5, 5.41) is 57.6. The molecule has 0 atom stereocenters. The first-order valence-corrected chi connectivity index (χ1v) is 44.3. The number of hydrogen-bond donors (Lipinski definition) is 6. The molecule has 4 amide bonds. The van der Waals surface area contributed by atoms with Crippen molar-refractivity contribution in [1.29, 1.82) is 0 Å². The van der Waals surface area contributed by atoms with Gasteiger partial charge in [-0.2, -0.15) is 0 Å². The molecule has 0 aliphatic carbocycles. The minimum absolute atomic E-state index is 0. The third-order valence-electron chi connectivity index (χ3n) is 24.2. The zero-order valence-corrected chi connectivity index (χ0v) is 79.4. The number of aryl methyl sites for hydroxylation is 4. The second-order valence-corrected chi connectivity index (χ2v) is 34.4. The normalized spacial score (nSPS) is 17.4. The predicted octanol–water partition coefficient (Wildman–Crippen LogP) is 11.8. The monoisotopic (exact) mass is 1950 g/mol. The van der Waals surface area contributed by atoms with Crippen LogP contribution in [0, 0.1) is 27.7 Å². The molecule has 12 heterocycles. The van der Waals surface area contributed by atoms with Crippen LogP contribution in [0.1, 0.15) is 94.8 Å². The van der Waals surface area contributed by atoms with E-state index in [2.05, 4.69) is 76.3 Å². The summed E-state index contributed by atoms with van der Waals surface area (Å²) in [5.41, 5.74) is 7.96. The van der Waals surface area contributed by atoms with Gasteiger partial charge in [-0.3, -0.25) is 43.6 Å². The summed E-state index contributed by atoms with van der Waals surface area (Å²) >= 11 is 3.15. The first-order valence-electron chi connectivity index (χ1n) is 43.5. The summed E-state index contributed by atoms with van der Waals surface area (Å²) < 4.78 is 26.4. The Hall–Kier alpha value is -12.1. The maximum atomic E-state index is 12.7. The van der Waals surface area contributed by atoms with Crippen LogP contribution < -0.4 is 27.2 Å². The molecule has 715 valence electrons. The van der Waals surface area contributed by atoms with Gasteiger partial charge in [0.05, 0.1) is 62.3 Å². The SMILES string of the molecule is C.C1N2CN3CN1CN(C2)C3.CCCO.CN1CCN(C(=O)c2ccc(O[B]O)cc2)CC1.Cc1c(-c2ccc(C(=O)N3CCN(C)CC3)cc2)c(=O)oc2c(C=O)c(O)ccc12.Cc1c(-c2ccc(C(=O)N3CCN(C)CC3)cc2)c(=O)oc2cc(O)ccc12.Cc1c(-c2ccc(C(=O)N3CCN(C)CC3)cc2)c(=O)oc2cc(O)ccc12.Cc1c(Br)c(=O)oc2cc(O)ccc12.Cl.Cl. The van der Waals surface area contributed by atoms with E-state index in [-0.39, 0.29) is 90.0 Å². The van der Waals surface area contributed by atoms with Crippen LogP contribution in [0.15, 0.2) is 205 Å². The van der Waals surface area contributed by atoms with Gasteiger partial charge in [0.1, 0.15) is 50.0 Å². The van der Waals surface area contributed by atoms with Crippen LogP contribution in [0.25, 0.3) is 77.3 Å². The predicted molar refractivity (Wildman–Crippen MR) is 529 cm³/mol. The summed E-state index contributed by atoms with van der Waals surface area (Å²) in [7, 11) is 8.81. The summed E-state index contributed by atoms with van der Waals surface area (Å²) in [6, 6.07) is 45.0. The summed E-state index contributed by atoms with van der Waals surface area (Å²) in [6.07, 6.45) is 1.35. The lowest BCUT2D eigenvalue weighted by Gasteiger charge is -2.56. The Morgan fingerprint density at radius 3 is 0.948 bits per heavy atom. The second-order valence-electron chi connectivity index (χ2n) is 33.6. The van der Waals surface area contributed by atoms with Gasteiger partial charge in [-0.05, 0) is 226 Å². The van der Waals surface area contributed by atoms with Crippen LogP contribution in [0.2, 0.25) is 0 Å². The lowest BCUT2D eigenvalue weighted by molar-refractivity contribution is -0.194. The number of aliphatic hydroxyl groups is 1. The molecule has 6 N–H and O–H groups in total. The Kier molecular flexibility index (Phi) is 37.2. The highest BCUT2D eigenvalue weighted by molar-refractivity contribution is 9.10. The molecular formula is C99H115BBrCl2N12O20. The number of halogens is 3. The van der Waals surface area contributed by atoms with Crippen molar-refractivity contribution in [3.8, 4) is 62.1 Å². The number of likely N-dealkylation sites (N-methyl/N-ethyl adjacent to an activating group) is 4. The fraction of sp³-hybridized carbons (Fsp3) is 0.343.